The number of carbonyl (C=O) groups is 1. The van der Waals surface area contributed by atoms with E-state index in [1.54, 1.807) is 0 Å². The highest BCUT2D eigenvalue weighted by Gasteiger charge is 2.34. The van der Waals surface area contributed by atoms with Gasteiger partial charge >= 0.3 is 0 Å². The van der Waals surface area contributed by atoms with Crippen molar-refractivity contribution in [1.29, 1.82) is 0 Å². The molecule has 0 aromatic carbocycles. The number of quaternary nitrogens is 1. The SMILES string of the molecule is C[NH+]1CCC(F)(F)CC1.O=C[O-]. The Morgan fingerprint density at radius 1 is 1.42 bits per heavy atom. The lowest BCUT2D eigenvalue weighted by Crippen LogP contribution is -3.10. The molecule has 0 unspecified atom stereocenters. The topological polar surface area (TPSA) is 44.6 Å². The Morgan fingerprint density at radius 2 is 1.75 bits per heavy atom. The van der Waals surface area contributed by atoms with Gasteiger partial charge in [0.25, 0.3) is 5.92 Å². The van der Waals surface area contributed by atoms with Crippen LogP contribution in [0.5, 0.6) is 0 Å². The smallest absolute Gasteiger partial charge is 0.258 e. The largest absolute Gasteiger partial charge is 0.554 e. The molecule has 12 heavy (non-hydrogen) atoms. The second-order valence-corrected chi connectivity index (χ2v) is 2.91. The highest BCUT2D eigenvalue weighted by Crippen LogP contribution is 2.22. The quantitative estimate of drug-likeness (QED) is 0.452. The molecule has 0 aliphatic carbocycles. The predicted octanol–water partition coefficient (Wildman–Crippen LogP) is -1.70. The van der Waals surface area contributed by atoms with Crippen molar-refractivity contribution >= 4 is 6.47 Å². The monoisotopic (exact) mass is 181 g/mol. The molecule has 0 atom stereocenters. The second kappa shape index (κ2) is 5.03. The van der Waals surface area contributed by atoms with Gasteiger partial charge in [-0.2, -0.15) is 0 Å². The standard InChI is InChI=1S/C6H11F2N.CH2O2/c1-9-4-2-6(7,8)3-5-9;2-1-3/h2-5H2,1H3;1H,(H,2,3). The predicted molar refractivity (Wildman–Crippen MR) is 36.9 cm³/mol. The van der Waals surface area contributed by atoms with Crippen molar-refractivity contribution in [3.05, 3.63) is 0 Å². The van der Waals surface area contributed by atoms with Crippen molar-refractivity contribution in [2.75, 3.05) is 20.1 Å². The van der Waals surface area contributed by atoms with Gasteiger partial charge in [0, 0.05) is 6.47 Å². The van der Waals surface area contributed by atoms with E-state index in [4.69, 9.17) is 9.90 Å². The Bertz CT molecular complexity index is 131. The third-order valence-corrected chi connectivity index (χ3v) is 1.84. The van der Waals surface area contributed by atoms with Crippen molar-refractivity contribution in [2.24, 2.45) is 0 Å². The first-order chi connectivity index (χ1) is 5.52. The molecule has 0 bridgehead atoms. The molecule has 0 aromatic rings. The zero-order valence-corrected chi connectivity index (χ0v) is 6.98. The van der Waals surface area contributed by atoms with E-state index in [1.807, 2.05) is 7.05 Å². The molecule has 3 nitrogen and oxygen atoms in total. The number of hydrogen-bond acceptors (Lipinski definition) is 2. The minimum atomic E-state index is -2.36. The number of alkyl halides is 2. The van der Waals surface area contributed by atoms with Gasteiger partial charge in [0.2, 0.25) is 0 Å². The number of halogens is 2. The first-order valence-corrected chi connectivity index (χ1v) is 3.76. The van der Waals surface area contributed by atoms with Crippen LogP contribution < -0.4 is 10.0 Å². The summed E-state index contributed by atoms with van der Waals surface area (Å²) in [5, 5.41) is 8.25. The van der Waals surface area contributed by atoms with Crippen LogP contribution in [0.25, 0.3) is 0 Å². The fourth-order valence-electron chi connectivity index (χ4n) is 1.04. The Labute approximate surface area is 70.0 Å². The number of rotatable bonds is 0. The minimum Gasteiger partial charge on any atom is -0.554 e. The lowest BCUT2D eigenvalue weighted by Gasteiger charge is -2.25. The summed E-state index contributed by atoms with van der Waals surface area (Å²) in [5.41, 5.74) is 0. The van der Waals surface area contributed by atoms with Gasteiger partial charge in [0.05, 0.1) is 33.0 Å². The molecule has 0 spiro atoms. The summed E-state index contributed by atoms with van der Waals surface area (Å²) in [7, 11) is 1.95. The van der Waals surface area contributed by atoms with Gasteiger partial charge in [0.1, 0.15) is 0 Å². The van der Waals surface area contributed by atoms with Crippen LogP contribution in [0.3, 0.4) is 0 Å². The zero-order chi connectivity index (χ0) is 9.61. The molecule has 1 aliphatic heterocycles. The van der Waals surface area contributed by atoms with E-state index in [2.05, 4.69) is 0 Å². The summed E-state index contributed by atoms with van der Waals surface area (Å²) in [6, 6.07) is 0. The maximum atomic E-state index is 12.4. The fourth-order valence-corrected chi connectivity index (χ4v) is 1.04. The maximum absolute atomic E-state index is 12.4. The summed E-state index contributed by atoms with van der Waals surface area (Å²) in [4.78, 5) is 9.47. The Kier molecular flexibility index (Phi) is 4.73. The minimum absolute atomic E-state index is 0.0683. The third-order valence-electron chi connectivity index (χ3n) is 1.84. The number of carbonyl (C=O) groups excluding carboxylic acids is 1. The Morgan fingerprint density at radius 3 is 2.00 bits per heavy atom. The van der Waals surface area contributed by atoms with Gasteiger partial charge in [-0.3, -0.25) is 0 Å². The average Bonchev–Trinajstić information content (AvgIpc) is 1.98. The van der Waals surface area contributed by atoms with Gasteiger partial charge in [-0.25, -0.2) is 8.78 Å². The number of carboxylic acid groups (broad SMARTS) is 1. The van der Waals surface area contributed by atoms with Crippen LogP contribution in [0, 0.1) is 0 Å². The van der Waals surface area contributed by atoms with Crippen molar-refractivity contribution in [3.8, 4) is 0 Å². The molecule has 0 aromatic heterocycles. The summed E-state index contributed by atoms with van der Waals surface area (Å²) >= 11 is 0. The van der Waals surface area contributed by atoms with Crippen molar-refractivity contribution in [2.45, 2.75) is 18.8 Å². The van der Waals surface area contributed by atoms with Crippen LogP contribution in [0.2, 0.25) is 0 Å². The van der Waals surface area contributed by atoms with Crippen molar-refractivity contribution in [3.63, 3.8) is 0 Å². The molecular weight excluding hydrogens is 168 g/mol. The first kappa shape index (κ1) is 11.3. The van der Waals surface area contributed by atoms with Crippen molar-refractivity contribution in [1.82, 2.24) is 0 Å². The first-order valence-electron chi connectivity index (χ1n) is 3.76. The van der Waals surface area contributed by atoms with Gasteiger partial charge in [-0.05, 0) is 0 Å². The molecule has 72 valence electrons. The van der Waals surface area contributed by atoms with E-state index < -0.39 is 12.4 Å². The summed E-state index contributed by atoms with van der Waals surface area (Å²) in [6.45, 7) is 0.736. The van der Waals surface area contributed by atoms with E-state index in [-0.39, 0.29) is 12.8 Å². The van der Waals surface area contributed by atoms with E-state index in [0.717, 1.165) is 0 Å². The van der Waals surface area contributed by atoms with Gasteiger partial charge < -0.3 is 14.8 Å². The van der Waals surface area contributed by atoms with E-state index in [1.165, 1.54) is 4.90 Å². The highest BCUT2D eigenvalue weighted by molar-refractivity contribution is 5.29. The molecule has 1 N–H and O–H groups in total. The molecule has 0 radical (unpaired) electrons. The second-order valence-electron chi connectivity index (χ2n) is 2.91. The number of nitrogens with one attached hydrogen (secondary N) is 1. The maximum Gasteiger partial charge on any atom is 0.258 e. The third kappa shape index (κ3) is 5.01. The van der Waals surface area contributed by atoms with Crippen LogP contribution in [0.1, 0.15) is 12.8 Å². The summed E-state index contributed by atoms with van der Waals surface area (Å²) < 4.78 is 24.7. The average molecular weight is 181 g/mol. The van der Waals surface area contributed by atoms with Gasteiger partial charge in [-0.15, -0.1) is 0 Å². The van der Waals surface area contributed by atoms with Crippen LogP contribution >= 0.6 is 0 Å². The number of piperidine rings is 1. The molecule has 5 heteroatoms. The van der Waals surface area contributed by atoms with E-state index in [9.17, 15) is 8.78 Å². The fraction of sp³-hybridized carbons (Fsp3) is 0.857. The van der Waals surface area contributed by atoms with Crippen LogP contribution in [0.4, 0.5) is 8.78 Å². The molecular formula is C7H13F2NO2. The molecule has 0 saturated carbocycles. The Hall–Kier alpha value is -0.710. The van der Waals surface area contributed by atoms with Crippen molar-refractivity contribution < 1.29 is 23.6 Å². The van der Waals surface area contributed by atoms with Gasteiger partial charge in [-0.1, -0.05) is 0 Å². The zero-order valence-electron chi connectivity index (χ0n) is 6.98. The lowest BCUT2D eigenvalue weighted by atomic mass is 10.1. The molecule has 1 heterocycles. The molecule has 1 saturated heterocycles. The molecule has 1 aliphatic rings. The summed E-state index contributed by atoms with van der Waals surface area (Å²) in [5.74, 6) is -2.36. The van der Waals surface area contributed by atoms with Crippen LogP contribution in [-0.2, 0) is 4.79 Å². The normalized spacial score (nSPS) is 22.2. The van der Waals surface area contributed by atoms with E-state index in [0.29, 0.717) is 13.1 Å². The van der Waals surface area contributed by atoms with Crippen LogP contribution in [0.15, 0.2) is 0 Å². The molecule has 1 fully saturated rings. The summed E-state index contributed by atoms with van der Waals surface area (Å²) in [6.07, 6.45) is 0.137. The Balaban J connectivity index is 0.000000354. The number of hydrogen-bond donors (Lipinski definition) is 1. The van der Waals surface area contributed by atoms with Gasteiger partial charge in [0.15, 0.2) is 0 Å². The highest BCUT2D eigenvalue weighted by atomic mass is 19.3. The number of likely N-dealkylation sites (tertiary alicyclic amines) is 1. The molecule has 1 rings (SSSR count). The lowest BCUT2D eigenvalue weighted by molar-refractivity contribution is -0.887. The molecule has 0 amide bonds. The van der Waals surface area contributed by atoms with E-state index >= 15 is 0 Å². The van der Waals surface area contributed by atoms with Crippen LogP contribution in [-0.4, -0.2) is 32.5 Å².